The molecule has 2 heterocycles. The van der Waals surface area contributed by atoms with E-state index in [9.17, 15) is 22.8 Å². The van der Waals surface area contributed by atoms with Gasteiger partial charge in [0.05, 0.1) is 27.0 Å². The number of ether oxygens (including phenoxy) is 3. The number of nitrogens with one attached hydrogen (secondary N) is 2. The van der Waals surface area contributed by atoms with Crippen LogP contribution in [0.25, 0.3) is 11.3 Å². The lowest BCUT2D eigenvalue weighted by molar-refractivity contribution is -0.141. The van der Waals surface area contributed by atoms with Gasteiger partial charge in [-0.3, -0.25) is 14.7 Å². The zero-order valence-corrected chi connectivity index (χ0v) is 18.4. The molecule has 1 saturated heterocycles. The highest BCUT2D eigenvalue weighted by Crippen LogP contribution is 2.40. The van der Waals surface area contributed by atoms with Gasteiger partial charge in [0.15, 0.2) is 11.5 Å². The van der Waals surface area contributed by atoms with Gasteiger partial charge in [0, 0.05) is 24.6 Å². The molecule has 0 radical (unpaired) electrons. The number of aromatic nitrogens is 2. The van der Waals surface area contributed by atoms with Gasteiger partial charge >= 0.3 is 6.18 Å². The summed E-state index contributed by atoms with van der Waals surface area (Å²) in [6.45, 7) is -0.855. The third-order valence-electron chi connectivity index (χ3n) is 5.38. The molecule has 2 aromatic rings. The van der Waals surface area contributed by atoms with Gasteiger partial charge in [-0.05, 0) is 31.0 Å². The van der Waals surface area contributed by atoms with Crippen molar-refractivity contribution in [2.75, 3.05) is 41.0 Å². The minimum atomic E-state index is -4.46. The fourth-order valence-corrected chi connectivity index (χ4v) is 3.65. The molecule has 12 heteroatoms. The Morgan fingerprint density at radius 2 is 1.70 bits per heavy atom. The summed E-state index contributed by atoms with van der Waals surface area (Å²) < 4.78 is 52.9. The van der Waals surface area contributed by atoms with Crippen molar-refractivity contribution in [2.45, 2.75) is 19.0 Å². The number of carbonyl (C=O) groups excluding carboxylic acids is 2. The zero-order chi connectivity index (χ0) is 24.2. The van der Waals surface area contributed by atoms with E-state index >= 15 is 0 Å². The number of benzene rings is 1. The second-order valence-corrected chi connectivity index (χ2v) is 7.48. The van der Waals surface area contributed by atoms with Gasteiger partial charge in [-0.25, -0.2) is 0 Å². The molecule has 1 aromatic carbocycles. The van der Waals surface area contributed by atoms with E-state index < -0.39 is 24.5 Å². The molecule has 0 unspecified atom stereocenters. The first-order valence-electron chi connectivity index (χ1n) is 10.2. The zero-order valence-electron chi connectivity index (χ0n) is 18.4. The SMILES string of the molecule is COc1cc(-c2cc(C(=O)N3CCC(C(=O)NCC(F)(F)F)CC3)[nH]n2)cc(OC)c1OC. The number of rotatable bonds is 7. The minimum absolute atomic E-state index is 0.249. The van der Waals surface area contributed by atoms with Crippen LogP contribution in [0.1, 0.15) is 23.3 Å². The number of nitrogens with zero attached hydrogens (tertiary/aromatic N) is 2. The Bertz CT molecular complexity index is 975. The Labute approximate surface area is 188 Å². The molecule has 2 N–H and O–H groups in total. The maximum absolute atomic E-state index is 12.9. The normalized spacial score (nSPS) is 14.7. The Balaban J connectivity index is 1.66. The van der Waals surface area contributed by atoms with Crippen LogP contribution in [-0.2, 0) is 4.79 Å². The van der Waals surface area contributed by atoms with Crippen LogP contribution in [0.4, 0.5) is 13.2 Å². The Kier molecular flexibility index (Phi) is 7.34. The molecule has 3 rings (SSSR count). The predicted molar refractivity (Wildman–Crippen MR) is 111 cm³/mol. The minimum Gasteiger partial charge on any atom is -0.493 e. The predicted octanol–water partition coefficient (Wildman–Crippen LogP) is 2.63. The maximum atomic E-state index is 12.9. The summed E-state index contributed by atoms with van der Waals surface area (Å²) in [5.74, 6) is -0.214. The average Bonchev–Trinajstić information content (AvgIpc) is 3.31. The highest BCUT2D eigenvalue weighted by molar-refractivity contribution is 5.93. The van der Waals surface area contributed by atoms with Gasteiger partial charge in [-0.2, -0.15) is 18.3 Å². The first-order valence-corrected chi connectivity index (χ1v) is 10.2. The van der Waals surface area contributed by atoms with Crippen molar-refractivity contribution in [1.29, 1.82) is 0 Å². The number of H-pyrrole nitrogens is 1. The van der Waals surface area contributed by atoms with Gasteiger partial charge in [0.25, 0.3) is 5.91 Å². The second-order valence-electron chi connectivity index (χ2n) is 7.48. The van der Waals surface area contributed by atoms with E-state index in [1.807, 2.05) is 5.32 Å². The standard InChI is InChI=1S/C21H25F3N4O5/c1-31-16-8-13(9-17(32-2)18(16)33-3)14-10-15(27-26-14)20(30)28-6-4-12(5-7-28)19(29)25-11-21(22,23)24/h8-10,12H,4-7,11H2,1-3H3,(H,25,29)(H,26,27). The summed E-state index contributed by atoms with van der Waals surface area (Å²) in [5.41, 5.74) is 1.37. The number of piperidine rings is 1. The molecule has 9 nitrogen and oxygen atoms in total. The Hall–Kier alpha value is -3.44. The molecule has 2 amide bonds. The smallest absolute Gasteiger partial charge is 0.405 e. The molecule has 0 atom stereocenters. The molecule has 33 heavy (non-hydrogen) atoms. The lowest BCUT2D eigenvalue weighted by Gasteiger charge is -2.31. The van der Waals surface area contributed by atoms with Crippen LogP contribution in [0.3, 0.4) is 0 Å². The van der Waals surface area contributed by atoms with Crippen LogP contribution in [0.2, 0.25) is 0 Å². The molecule has 1 aliphatic heterocycles. The first-order chi connectivity index (χ1) is 15.7. The van der Waals surface area contributed by atoms with E-state index in [-0.39, 0.29) is 37.5 Å². The summed E-state index contributed by atoms with van der Waals surface area (Å²) in [6, 6.07) is 5.00. The molecular formula is C21H25F3N4O5. The molecule has 0 aliphatic carbocycles. The van der Waals surface area contributed by atoms with Gasteiger partial charge in [-0.1, -0.05) is 0 Å². The molecule has 1 aromatic heterocycles. The van der Waals surface area contributed by atoms with Crippen molar-refractivity contribution in [3.63, 3.8) is 0 Å². The van der Waals surface area contributed by atoms with Crippen molar-refractivity contribution >= 4 is 11.8 Å². The van der Waals surface area contributed by atoms with E-state index in [4.69, 9.17) is 14.2 Å². The number of methoxy groups -OCH3 is 3. The van der Waals surface area contributed by atoms with Crippen molar-refractivity contribution < 1.29 is 37.0 Å². The topological polar surface area (TPSA) is 106 Å². The highest BCUT2D eigenvalue weighted by atomic mass is 19.4. The Morgan fingerprint density at radius 3 is 2.21 bits per heavy atom. The number of amides is 2. The Morgan fingerprint density at radius 1 is 1.09 bits per heavy atom. The van der Waals surface area contributed by atoms with Crippen LogP contribution in [0.15, 0.2) is 18.2 Å². The first kappa shape index (κ1) is 24.2. The van der Waals surface area contributed by atoms with Crippen LogP contribution >= 0.6 is 0 Å². The summed E-state index contributed by atoms with van der Waals surface area (Å²) in [4.78, 5) is 26.3. The fourth-order valence-electron chi connectivity index (χ4n) is 3.65. The van der Waals surface area contributed by atoms with Crippen LogP contribution in [0.5, 0.6) is 17.2 Å². The fraction of sp³-hybridized carbons (Fsp3) is 0.476. The van der Waals surface area contributed by atoms with Gasteiger partial charge in [0.2, 0.25) is 11.7 Å². The lowest BCUT2D eigenvalue weighted by Crippen LogP contribution is -2.44. The lowest BCUT2D eigenvalue weighted by atomic mass is 9.95. The van der Waals surface area contributed by atoms with E-state index in [0.717, 1.165) is 0 Å². The van der Waals surface area contributed by atoms with Crippen LogP contribution < -0.4 is 19.5 Å². The van der Waals surface area contributed by atoms with Crippen molar-refractivity contribution in [2.24, 2.45) is 5.92 Å². The van der Waals surface area contributed by atoms with Crippen molar-refractivity contribution in [3.05, 3.63) is 23.9 Å². The quantitative estimate of drug-likeness (QED) is 0.645. The van der Waals surface area contributed by atoms with E-state index in [2.05, 4.69) is 10.2 Å². The summed E-state index contributed by atoms with van der Waals surface area (Å²) in [6.07, 6.45) is -3.89. The number of hydrogen-bond acceptors (Lipinski definition) is 6. The molecule has 1 fully saturated rings. The third-order valence-corrected chi connectivity index (χ3v) is 5.38. The number of hydrogen-bond donors (Lipinski definition) is 2. The maximum Gasteiger partial charge on any atom is 0.405 e. The van der Waals surface area contributed by atoms with Crippen LogP contribution in [-0.4, -0.2) is 74.1 Å². The third kappa shape index (κ3) is 5.68. The summed E-state index contributed by atoms with van der Waals surface area (Å²) >= 11 is 0. The molecule has 1 aliphatic rings. The van der Waals surface area contributed by atoms with Crippen LogP contribution in [0, 0.1) is 5.92 Å². The van der Waals surface area contributed by atoms with Gasteiger partial charge in [-0.15, -0.1) is 0 Å². The van der Waals surface area contributed by atoms with Gasteiger partial charge in [0.1, 0.15) is 12.2 Å². The summed E-state index contributed by atoms with van der Waals surface area (Å²) in [7, 11) is 4.48. The van der Waals surface area contributed by atoms with Crippen molar-refractivity contribution in [1.82, 2.24) is 20.4 Å². The van der Waals surface area contributed by atoms with E-state index in [1.54, 1.807) is 23.1 Å². The number of halogens is 3. The second kappa shape index (κ2) is 10.0. The number of carbonyl (C=O) groups is 2. The van der Waals surface area contributed by atoms with Crippen molar-refractivity contribution in [3.8, 4) is 28.5 Å². The average molecular weight is 470 g/mol. The van der Waals surface area contributed by atoms with Gasteiger partial charge < -0.3 is 24.4 Å². The molecule has 0 spiro atoms. The number of aromatic amines is 1. The number of alkyl halides is 3. The molecule has 0 bridgehead atoms. The highest BCUT2D eigenvalue weighted by Gasteiger charge is 2.32. The number of likely N-dealkylation sites (tertiary alicyclic amines) is 1. The monoisotopic (exact) mass is 470 g/mol. The van der Waals surface area contributed by atoms with E-state index in [0.29, 0.717) is 28.5 Å². The van der Waals surface area contributed by atoms with E-state index in [1.165, 1.54) is 21.3 Å². The molecule has 180 valence electrons. The summed E-state index contributed by atoms with van der Waals surface area (Å²) in [5, 5.41) is 8.82. The molecular weight excluding hydrogens is 445 g/mol. The largest absolute Gasteiger partial charge is 0.493 e. The molecule has 0 saturated carbocycles.